The van der Waals surface area contributed by atoms with Crippen LogP contribution >= 0.6 is 15.9 Å². The average Bonchev–Trinajstić information content (AvgIpc) is 3.00. The van der Waals surface area contributed by atoms with E-state index in [1.807, 2.05) is 10.8 Å². The van der Waals surface area contributed by atoms with E-state index in [1.54, 1.807) is 6.20 Å². The smallest absolute Gasteiger partial charge is 0.243 e. The molecule has 1 fully saturated rings. The molecule has 1 aromatic heterocycles. The van der Waals surface area contributed by atoms with E-state index in [0.717, 1.165) is 28.8 Å². The number of hydrogen-bond acceptors (Lipinski definition) is 3. The highest BCUT2D eigenvalue weighted by atomic mass is 79.9. The second kappa shape index (κ2) is 8.46. The van der Waals surface area contributed by atoms with Gasteiger partial charge in [-0.05, 0) is 70.2 Å². The molecule has 1 saturated heterocycles. The molecule has 0 unspecified atom stereocenters. The van der Waals surface area contributed by atoms with Crippen molar-refractivity contribution in [2.75, 3.05) is 5.32 Å². The van der Waals surface area contributed by atoms with Gasteiger partial charge in [-0.25, -0.2) is 4.98 Å². The van der Waals surface area contributed by atoms with Crippen molar-refractivity contribution in [2.24, 2.45) is 0 Å². The van der Waals surface area contributed by atoms with E-state index >= 15 is 0 Å². The summed E-state index contributed by atoms with van der Waals surface area (Å²) in [4.78, 5) is 19.4. The lowest BCUT2D eigenvalue weighted by atomic mass is 9.97. The van der Waals surface area contributed by atoms with Crippen molar-refractivity contribution in [1.29, 1.82) is 0 Å². The lowest BCUT2D eigenvalue weighted by Crippen LogP contribution is -2.48. The normalized spacial score (nSPS) is 20.0. The summed E-state index contributed by atoms with van der Waals surface area (Å²) in [5.74, 6) is 1.06. The second-order valence-corrected chi connectivity index (χ2v) is 8.59. The van der Waals surface area contributed by atoms with Gasteiger partial charge in [0.25, 0.3) is 0 Å². The van der Waals surface area contributed by atoms with Crippen LogP contribution in [0.15, 0.2) is 29.0 Å². The molecule has 1 aliphatic heterocycles. The first-order chi connectivity index (χ1) is 12.9. The van der Waals surface area contributed by atoms with Crippen LogP contribution in [-0.4, -0.2) is 32.4 Å². The van der Waals surface area contributed by atoms with Gasteiger partial charge in [-0.1, -0.05) is 15.9 Å². The largest absolute Gasteiger partial charge is 0.377 e. The maximum atomic E-state index is 12.9. The Bertz CT molecular complexity index is 783. The molecule has 146 valence electrons. The lowest BCUT2D eigenvalue weighted by Gasteiger charge is -2.39. The first-order valence-electron chi connectivity index (χ1n) is 9.68. The van der Waals surface area contributed by atoms with E-state index in [2.05, 4.69) is 71.0 Å². The van der Waals surface area contributed by atoms with Crippen LogP contribution in [0.2, 0.25) is 0 Å². The van der Waals surface area contributed by atoms with Crippen LogP contribution in [0.3, 0.4) is 0 Å². The van der Waals surface area contributed by atoms with Gasteiger partial charge in [-0.3, -0.25) is 4.79 Å². The lowest BCUT2D eigenvalue weighted by molar-refractivity contribution is -0.137. The van der Waals surface area contributed by atoms with Crippen LogP contribution in [0.25, 0.3) is 0 Å². The highest BCUT2D eigenvalue weighted by Gasteiger charge is 2.29. The fraction of sp³-hybridized carbons (Fsp3) is 0.524. The second-order valence-electron chi connectivity index (χ2n) is 7.67. The Kier molecular flexibility index (Phi) is 6.25. The van der Waals surface area contributed by atoms with Crippen molar-refractivity contribution in [3.05, 3.63) is 46.0 Å². The number of hydrogen-bond donors (Lipinski definition) is 1. The zero-order valence-electron chi connectivity index (χ0n) is 16.6. The molecule has 2 heterocycles. The predicted molar refractivity (Wildman–Crippen MR) is 113 cm³/mol. The van der Waals surface area contributed by atoms with Crippen LogP contribution in [0.4, 0.5) is 5.69 Å². The van der Waals surface area contributed by atoms with Gasteiger partial charge >= 0.3 is 0 Å². The van der Waals surface area contributed by atoms with Gasteiger partial charge in [0.2, 0.25) is 5.91 Å². The van der Waals surface area contributed by atoms with E-state index in [-0.39, 0.29) is 5.91 Å². The van der Waals surface area contributed by atoms with Crippen molar-refractivity contribution < 1.29 is 4.79 Å². The first-order valence-corrected chi connectivity index (χ1v) is 10.5. The highest BCUT2D eigenvalue weighted by Crippen LogP contribution is 2.26. The van der Waals surface area contributed by atoms with Gasteiger partial charge in [-0.2, -0.15) is 0 Å². The average molecular weight is 433 g/mol. The molecule has 1 amide bonds. The molecule has 6 heteroatoms. The Morgan fingerprint density at radius 2 is 1.85 bits per heavy atom. The van der Waals surface area contributed by atoms with Crippen molar-refractivity contribution >= 4 is 27.5 Å². The Morgan fingerprint density at radius 3 is 2.48 bits per heavy atom. The molecule has 1 N–H and O–H groups in total. The minimum atomic E-state index is 0.185. The molecule has 3 rings (SSSR count). The number of aryl methyl sites for hydroxylation is 2. The fourth-order valence-corrected chi connectivity index (χ4v) is 4.84. The Balaban J connectivity index is 1.69. The zero-order valence-corrected chi connectivity index (χ0v) is 18.2. The van der Waals surface area contributed by atoms with E-state index < -0.39 is 0 Å². The standard InChI is InChI=1S/C21H29BrN4O/c1-14-10-18(22)11-15(2)21(14)24-12-19-23-8-9-25(19)13-20(27)26-16(3)6-5-7-17(26)4/h8-11,16-17,24H,5-7,12-13H2,1-4H3/t16-,17-/m0/s1. The number of amides is 1. The molecule has 5 nitrogen and oxygen atoms in total. The third-order valence-electron chi connectivity index (χ3n) is 5.51. The summed E-state index contributed by atoms with van der Waals surface area (Å²) in [6.45, 7) is 9.44. The number of benzene rings is 1. The molecule has 0 aliphatic carbocycles. The number of halogens is 1. The van der Waals surface area contributed by atoms with Gasteiger partial charge < -0.3 is 14.8 Å². The number of rotatable bonds is 5. The number of piperidine rings is 1. The maximum absolute atomic E-state index is 12.9. The first kappa shape index (κ1) is 19.9. The van der Waals surface area contributed by atoms with Gasteiger partial charge in [-0.15, -0.1) is 0 Å². The third-order valence-corrected chi connectivity index (χ3v) is 5.97. The van der Waals surface area contributed by atoms with Crippen LogP contribution in [0.5, 0.6) is 0 Å². The number of aromatic nitrogens is 2. The van der Waals surface area contributed by atoms with E-state index in [0.29, 0.717) is 25.2 Å². The SMILES string of the molecule is Cc1cc(Br)cc(C)c1NCc1nccn1CC(=O)N1[C@@H](C)CCC[C@@H]1C. The van der Waals surface area contributed by atoms with Gasteiger partial charge in [0.05, 0.1) is 6.54 Å². The predicted octanol–water partition coefficient (Wildman–Crippen LogP) is 4.66. The molecule has 2 aromatic rings. The zero-order chi connectivity index (χ0) is 19.6. The summed E-state index contributed by atoms with van der Waals surface area (Å²) in [7, 11) is 0. The van der Waals surface area contributed by atoms with Crippen molar-refractivity contribution in [3.63, 3.8) is 0 Å². The molecule has 2 atom stereocenters. The number of nitrogens with one attached hydrogen (secondary N) is 1. The van der Waals surface area contributed by atoms with E-state index in [4.69, 9.17) is 0 Å². The van der Waals surface area contributed by atoms with Crippen LogP contribution in [0.1, 0.15) is 50.1 Å². The summed E-state index contributed by atoms with van der Waals surface area (Å²) in [6.07, 6.45) is 7.06. The summed E-state index contributed by atoms with van der Waals surface area (Å²) >= 11 is 3.54. The van der Waals surface area contributed by atoms with E-state index in [1.165, 1.54) is 17.5 Å². The number of carbonyl (C=O) groups is 1. The molecular formula is C21H29BrN4O. The molecule has 0 bridgehead atoms. The summed E-state index contributed by atoms with van der Waals surface area (Å²) < 4.78 is 3.05. The van der Waals surface area contributed by atoms with Crippen molar-refractivity contribution in [2.45, 2.75) is 72.1 Å². The number of nitrogens with zero attached hydrogens (tertiary/aromatic N) is 3. The molecule has 1 aromatic carbocycles. The third kappa shape index (κ3) is 4.54. The Hall–Kier alpha value is -1.82. The molecule has 27 heavy (non-hydrogen) atoms. The van der Waals surface area contributed by atoms with Crippen molar-refractivity contribution in [1.82, 2.24) is 14.5 Å². The molecule has 1 aliphatic rings. The van der Waals surface area contributed by atoms with Crippen LogP contribution in [-0.2, 0) is 17.9 Å². The van der Waals surface area contributed by atoms with Gasteiger partial charge in [0.15, 0.2) is 0 Å². The van der Waals surface area contributed by atoms with Crippen LogP contribution < -0.4 is 5.32 Å². The Labute approximate surface area is 170 Å². The van der Waals surface area contributed by atoms with Crippen LogP contribution in [0, 0.1) is 13.8 Å². The minimum Gasteiger partial charge on any atom is -0.377 e. The molecule has 0 radical (unpaired) electrons. The minimum absolute atomic E-state index is 0.185. The summed E-state index contributed by atoms with van der Waals surface area (Å²) in [6, 6.07) is 4.84. The maximum Gasteiger partial charge on any atom is 0.243 e. The van der Waals surface area contributed by atoms with Gasteiger partial charge in [0.1, 0.15) is 12.4 Å². The summed E-state index contributed by atoms with van der Waals surface area (Å²) in [5.41, 5.74) is 3.50. The number of anilines is 1. The molecule has 0 saturated carbocycles. The molecule has 0 spiro atoms. The molecular weight excluding hydrogens is 404 g/mol. The fourth-order valence-electron chi connectivity index (χ4n) is 4.15. The number of carbonyl (C=O) groups excluding carboxylic acids is 1. The number of likely N-dealkylation sites (tertiary alicyclic amines) is 1. The quantitative estimate of drug-likeness (QED) is 0.746. The van der Waals surface area contributed by atoms with Crippen molar-refractivity contribution in [3.8, 4) is 0 Å². The monoisotopic (exact) mass is 432 g/mol. The number of imidazole rings is 1. The Morgan fingerprint density at radius 1 is 1.22 bits per heavy atom. The summed E-state index contributed by atoms with van der Waals surface area (Å²) in [5, 5.41) is 3.49. The van der Waals surface area contributed by atoms with Gasteiger partial charge in [0, 0.05) is 34.6 Å². The van der Waals surface area contributed by atoms with E-state index in [9.17, 15) is 4.79 Å². The topological polar surface area (TPSA) is 50.2 Å². The highest BCUT2D eigenvalue weighted by molar-refractivity contribution is 9.10.